The fourth-order valence-electron chi connectivity index (χ4n) is 2.39. The van der Waals surface area contributed by atoms with Gasteiger partial charge in [-0.3, -0.25) is 4.79 Å². The summed E-state index contributed by atoms with van der Waals surface area (Å²) in [6.07, 6.45) is 1.53. The second kappa shape index (κ2) is 6.06. The van der Waals surface area contributed by atoms with E-state index < -0.39 is 0 Å². The van der Waals surface area contributed by atoms with Gasteiger partial charge in [-0.15, -0.1) is 0 Å². The summed E-state index contributed by atoms with van der Waals surface area (Å²) in [5.41, 5.74) is 0.321. The zero-order valence-electron chi connectivity index (χ0n) is 12.4. The number of amides is 1. The van der Waals surface area contributed by atoms with Crippen molar-refractivity contribution in [2.24, 2.45) is 0 Å². The van der Waals surface area contributed by atoms with Crippen LogP contribution in [0.15, 0.2) is 6.20 Å². The first-order chi connectivity index (χ1) is 9.40. The lowest BCUT2D eigenvalue weighted by molar-refractivity contribution is 0.0527. The Kier molecular flexibility index (Phi) is 4.60. The standard InChI is InChI=1S/C14H21ClN4O/c1-9(2)13-16-7-11(15)12(17-13)14(20)19-6-5-18(4)8-10(19)3/h7,9-10H,5-6,8H2,1-4H3/t10-/m1/s1. The summed E-state index contributed by atoms with van der Waals surface area (Å²) in [5.74, 6) is 0.725. The molecule has 0 bridgehead atoms. The van der Waals surface area contributed by atoms with Gasteiger partial charge in [0.1, 0.15) is 5.82 Å². The number of rotatable bonds is 2. The highest BCUT2D eigenvalue weighted by atomic mass is 35.5. The third-order valence-electron chi connectivity index (χ3n) is 3.57. The van der Waals surface area contributed by atoms with Crippen molar-refractivity contribution < 1.29 is 4.79 Å². The Bertz CT molecular complexity index is 506. The van der Waals surface area contributed by atoms with E-state index in [1.54, 1.807) is 0 Å². The molecule has 1 aromatic rings. The van der Waals surface area contributed by atoms with E-state index in [2.05, 4.69) is 21.9 Å². The molecule has 0 aliphatic carbocycles. The van der Waals surface area contributed by atoms with Crippen LogP contribution in [-0.4, -0.2) is 58.4 Å². The third-order valence-corrected chi connectivity index (χ3v) is 3.85. The largest absolute Gasteiger partial charge is 0.332 e. The molecule has 2 heterocycles. The molecule has 110 valence electrons. The van der Waals surface area contributed by atoms with Gasteiger partial charge in [0, 0.05) is 31.6 Å². The number of carbonyl (C=O) groups excluding carboxylic acids is 1. The van der Waals surface area contributed by atoms with Crippen LogP contribution in [0.1, 0.15) is 43.0 Å². The van der Waals surface area contributed by atoms with Gasteiger partial charge in [0.25, 0.3) is 5.91 Å². The summed E-state index contributed by atoms with van der Waals surface area (Å²) in [4.78, 5) is 25.2. The van der Waals surface area contributed by atoms with E-state index in [0.29, 0.717) is 23.1 Å². The van der Waals surface area contributed by atoms with Gasteiger partial charge < -0.3 is 9.80 Å². The number of hydrogen-bond acceptors (Lipinski definition) is 4. The summed E-state index contributed by atoms with van der Waals surface area (Å²) < 4.78 is 0. The lowest BCUT2D eigenvalue weighted by Crippen LogP contribution is -2.53. The molecular formula is C14H21ClN4O. The molecule has 0 spiro atoms. The van der Waals surface area contributed by atoms with E-state index in [-0.39, 0.29) is 17.9 Å². The Morgan fingerprint density at radius 3 is 2.75 bits per heavy atom. The van der Waals surface area contributed by atoms with Crippen LogP contribution in [0.2, 0.25) is 5.02 Å². The smallest absolute Gasteiger partial charge is 0.274 e. The Morgan fingerprint density at radius 2 is 2.15 bits per heavy atom. The Morgan fingerprint density at radius 1 is 1.45 bits per heavy atom. The maximum absolute atomic E-state index is 12.6. The molecule has 1 aliphatic rings. The maximum Gasteiger partial charge on any atom is 0.274 e. The van der Waals surface area contributed by atoms with Crippen molar-refractivity contribution in [3.8, 4) is 0 Å². The van der Waals surface area contributed by atoms with Crippen LogP contribution in [0.4, 0.5) is 0 Å². The van der Waals surface area contributed by atoms with Crippen molar-refractivity contribution >= 4 is 17.5 Å². The van der Waals surface area contributed by atoms with Gasteiger partial charge in [0.05, 0.1) is 11.2 Å². The quantitative estimate of drug-likeness (QED) is 0.838. The molecule has 5 nitrogen and oxygen atoms in total. The van der Waals surface area contributed by atoms with Crippen molar-refractivity contribution in [3.05, 3.63) is 22.7 Å². The molecule has 1 amide bonds. The van der Waals surface area contributed by atoms with Crippen molar-refractivity contribution in [2.75, 3.05) is 26.7 Å². The third kappa shape index (κ3) is 3.10. The summed E-state index contributed by atoms with van der Waals surface area (Å²) in [6.45, 7) is 8.48. The molecule has 6 heteroatoms. The number of aromatic nitrogens is 2. The van der Waals surface area contributed by atoms with Gasteiger partial charge >= 0.3 is 0 Å². The average molecular weight is 297 g/mol. The molecule has 1 aliphatic heterocycles. The molecule has 1 atom stereocenters. The van der Waals surface area contributed by atoms with Crippen LogP contribution in [-0.2, 0) is 0 Å². The second-order valence-corrected chi connectivity index (χ2v) is 6.10. The Labute approximate surface area is 124 Å². The van der Waals surface area contributed by atoms with Gasteiger partial charge in [-0.2, -0.15) is 0 Å². The SMILES string of the molecule is CC(C)c1ncc(Cl)c(C(=O)N2CCN(C)C[C@H]2C)n1. The highest BCUT2D eigenvalue weighted by molar-refractivity contribution is 6.33. The van der Waals surface area contributed by atoms with Gasteiger partial charge in [0.15, 0.2) is 5.69 Å². The minimum absolute atomic E-state index is 0.0973. The van der Waals surface area contributed by atoms with Crippen molar-refractivity contribution in [1.29, 1.82) is 0 Å². The number of halogens is 1. The predicted molar refractivity (Wildman–Crippen MR) is 79.1 cm³/mol. The van der Waals surface area contributed by atoms with Crippen molar-refractivity contribution in [1.82, 2.24) is 19.8 Å². The molecule has 0 N–H and O–H groups in total. The molecular weight excluding hydrogens is 276 g/mol. The molecule has 0 radical (unpaired) electrons. The van der Waals surface area contributed by atoms with E-state index in [1.807, 2.05) is 25.7 Å². The molecule has 0 unspecified atom stereocenters. The number of hydrogen-bond donors (Lipinski definition) is 0. The number of nitrogens with zero attached hydrogens (tertiary/aromatic N) is 4. The lowest BCUT2D eigenvalue weighted by Gasteiger charge is -2.38. The van der Waals surface area contributed by atoms with E-state index >= 15 is 0 Å². The van der Waals surface area contributed by atoms with Crippen LogP contribution < -0.4 is 0 Å². The fraction of sp³-hybridized carbons (Fsp3) is 0.643. The zero-order valence-corrected chi connectivity index (χ0v) is 13.2. The molecule has 1 aromatic heterocycles. The van der Waals surface area contributed by atoms with Crippen LogP contribution in [0, 0.1) is 0 Å². The number of piperazine rings is 1. The topological polar surface area (TPSA) is 49.3 Å². The molecule has 20 heavy (non-hydrogen) atoms. The van der Waals surface area contributed by atoms with Gasteiger partial charge in [-0.1, -0.05) is 25.4 Å². The van der Waals surface area contributed by atoms with E-state index in [4.69, 9.17) is 11.6 Å². The minimum Gasteiger partial charge on any atom is -0.332 e. The maximum atomic E-state index is 12.6. The van der Waals surface area contributed by atoms with Gasteiger partial charge in [-0.25, -0.2) is 9.97 Å². The molecule has 1 saturated heterocycles. The second-order valence-electron chi connectivity index (χ2n) is 5.69. The molecule has 2 rings (SSSR count). The van der Waals surface area contributed by atoms with Crippen LogP contribution >= 0.6 is 11.6 Å². The monoisotopic (exact) mass is 296 g/mol. The van der Waals surface area contributed by atoms with Gasteiger partial charge in [-0.05, 0) is 14.0 Å². The van der Waals surface area contributed by atoms with E-state index in [9.17, 15) is 4.79 Å². The fourth-order valence-corrected chi connectivity index (χ4v) is 2.56. The minimum atomic E-state index is -0.0973. The lowest BCUT2D eigenvalue weighted by atomic mass is 10.1. The van der Waals surface area contributed by atoms with Gasteiger partial charge in [0.2, 0.25) is 0 Å². The van der Waals surface area contributed by atoms with Crippen LogP contribution in [0.5, 0.6) is 0 Å². The highest BCUT2D eigenvalue weighted by Crippen LogP contribution is 2.20. The Balaban J connectivity index is 2.26. The zero-order chi connectivity index (χ0) is 14.9. The summed E-state index contributed by atoms with van der Waals surface area (Å²) in [5, 5.41) is 0.325. The van der Waals surface area contributed by atoms with E-state index in [1.165, 1.54) is 6.20 Å². The van der Waals surface area contributed by atoms with Crippen LogP contribution in [0.25, 0.3) is 0 Å². The summed E-state index contributed by atoms with van der Waals surface area (Å²) in [6, 6.07) is 0.162. The number of likely N-dealkylation sites (N-methyl/N-ethyl adjacent to an activating group) is 1. The summed E-state index contributed by atoms with van der Waals surface area (Å²) >= 11 is 6.11. The van der Waals surface area contributed by atoms with E-state index in [0.717, 1.165) is 13.1 Å². The predicted octanol–water partition coefficient (Wildman–Crippen LogP) is 2.03. The normalized spacial score (nSPS) is 20.5. The highest BCUT2D eigenvalue weighted by Gasteiger charge is 2.29. The Hall–Kier alpha value is -1.20. The van der Waals surface area contributed by atoms with Crippen molar-refractivity contribution in [2.45, 2.75) is 32.7 Å². The first-order valence-electron chi connectivity index (χ1n) is 6.92. The molecule has 0 saturated carbocycles. The summed E-state index contributed by atoms with van der Waals surface area (Å²) in [7, 11) is 2.06. The molecule has 1 fully saturated rings. The average Bonchev–Trinajstić information content (AvgIpc) is 2.38. The molecule has 0 aromatic carbocycles. The first-order valence-corrected chi connectivity index (χ1v) is 7.30. The number of carbonyl (C=O) groups is 1. The van der Waals surface area contributed by atoms with Crippen LogP contribution in [0.3, 0.4) is 0 Å². The van der Waals surface area contributed by atoms with Crippen molar-refractivity contribution in [3.63, 3.8) is 0 Å². The first kappa shape index (κ1) is 15.2.